The Bertz CT molecular complexity index is 473. The lowest BCUT2D eigenvalue weighted by molar-refractivity contribution is 0.112. The lowest BCUT2D eigenvalue weighted by Crippen LogP contribution is -2.47. The maximum atomic E-state index is 6.13. The van der Waals surface area contributed by atoms with Crippen LogP contribution in [0.1, 0.15) is 31.4 Å². The van der Waals surface area contributed by atoms with Crippen molar-refractivity contribution in [1.82, 2.24) is 9.80 Å². The molecule has 1 saturated heterocycles. The summed E-state index contributed by atoms with van der Waals surface area (Å²) in [7, 11) is 3.86. The molecule has 1 atom stereocenters. The molecular weight excluding hydrogens is 290 g/mol. The smallest absolute Gasteiger partial charge is 0.165 e. The summed E-state index contributed by atoms with van der Waals surface area (Å²) in [5.74, 6) is 1.66. The van der Waals surface area contributed by atoms with Gasteiger partial charge < -0.3 is 20.1 Å². The molecule has 23 heavy (non-hydrogen) atoms. The van der Waals surface area contributed by atoms with Crippen LogP contribution >= 0.6 is 0 Å². The largest absolute Gasteiger partial charge is 0.493 e. The number of nitrogens with zero attached hydrogens (tertiary/aromatic N) is 2. The van der Waals surface area contributed by atoms with Crippen molar-refractivity contribution in [1.29, 1.82) is 0 Å². The summed E-state index contributed by atoms with van der Waals surface area (Å²) >= 11 is 0. The predicted octanol–water partition coefficient (Wildman–Crippen LogP) is 2.12. The van der Waals surface area contributed by atoms with E-state index in [1.54, 1.807) is 7.11 Å². The first-order chi connectivity index (χ1) is 11.2. The predicted molar refractivity (Wildman–Crippen MR) is 94.3 cm³/mol. The molecule has 1 heterocycles. The maximum absolute atomic E-state index is 6.13. The SMILES string of the molecule is CCCCOc1c(OC)cccc1C(CN)N1CCN(C)CC1. The summed E-state index contributed by atoms with van der Waals surface area (Å²) in [6.45, 7) is 7.68. The highest BCUT2D eigenvalue weighted by Crippen LogP contribution is 2.37. The van der Waals surface area contributed by atoms with Gasteiger partial charge in [-0.3, -0.25) is 4.90 Å². The lowest BCUT2D eigenvalue weighted by atomic mass is 10.0. The molecule has 0 amide bonds. The van der Waals surface area contributed by atoms with Gasteiger partial charge in [0, 0.05) is 38.3 Å². The number of unbranched alkanes of at least 4 members (excludes halogenated alkanes) is 1. The first kappa shape index (κ1) is 18.0. The Morgan fingerprint density at radius 3 is 2.57 bits per heavy atom. The summed E-state index contributed by atoms with van der Waals surface area (Å²) in [5, 5.41) is 0. The fourth-order valence-corrected chi connectivity index (χ4v) is 3.04. The van der Waals surface area contributed by atoms with Gasteiger partial charge >= 0.3 is 0 Å². The van der Waals surface area contributed by atoms with Crippen molar-refractivity contribution >= 4 is 0 Å². The van der Waals surface area contributed by atoms with E-state index < -0.39 is 0 Å². The highest BCUT2D eigenvalue weighted by molar-refractivity contribution is 5.48. The summed E-state index contributed by atoms with van der Waals surface area (Å²) in [4.78, 5) is 4.82. The van der Waals surface area contributed by atoms with Gasteiger partial charge in [0.15, 0.2) is 11.5 Å². The molecule has 0 radical (unpaired) electrons. The van der Waals surface area contributed by atoms with Crippen LogP contribution in [0.2, 0.25) is 0 Å². The van der Waals surface area contributed by atoms with Gasteiger partial charge in [-0.05, 0) is 19.5 Å². The molecule has 0 spiro atoms. The number of rotatable bonds is 8. The van der Waals surface area contributed by atoms with E-state index in [1.165, 1.54) is 0 Å². The number of piperazine rings is 1. The van der Waals surface area contributed by atoms with E-state index in [1.807, 2.05) is 12.1 Å². The van der Waals surface area contributed by atoms with Crippen molar-refractivity contribution in [3.8, 4) is 11.5 Å². The number of para-hydroxylation sites is 1. The van der Waals surface area contributed by atoms with Crippen molar-refractivity contribution in [3.05, 3.63) is 23.8 Å². The zero-order valence-corrected chi connectivity index (χ0v) is 14.8. The van der Waals surface area contributed by atoms with Gasteiger partial charge in [0.2, 0.25) is 0 Å². The summed E-state index contributed by atoms with van der Waals surface area (Å²) in [5.41, 5.74) is 7.28. The molecule has 5 heteroatoms. The number of ether oxygens (including phenoxy) is 2. The van der Waals surface area contributed by atoms with E-state index in [0.29, 0.717) is 13.2 Å². The van der Waals surface area contributed by atoms with Crippen molar-refractivity contribution in [2.45, 2.75) is 25.8 Å². The van der Waals surface area contributed by atoms with Crippen LogP contribution in [-0.4, -0.2) is 63.3 Å². The molecule has 130 valence electrons. The van der Waals surface area contributed by atoms with Gasteiger partial charge in [-0.25, -0.2) is 0 Å². The average Bonchev–Trinajstić information content (AvgIpc) is 2.58. The van der Waals surface area contributed by atoms with Gasteiger partial charge in [-0.15, -0.1) is 0 Å². The van der Waals surface area contributed by atoms with Crippen molar-refractivity contribution in [2.75, 3.05) is 53.5 Å². The normalized spacial score (nSPS) is 17.9. The minimum atomic E-state index is 0.176. The van der Waals surface area contributed by atoms with E-state index in [0.717, 1.165) is 56.1 Å². The number of nitrogens with two attached hydrogens (primary N) is 1. The van der Waals surface area contributed by atoms with E-state index in [2.05, 4.69) is 29.8 Å². The fourth-order valence-electron chi connectivity index (χ4n) is 3.04. The Morgan fingerprint density at radius 2 is 1.96 bits per heavy atom. The summed E-state index contributed by atoms with van der Waals surface area (Å²) < 4.78 is 11.6. The Hall–Kier alpha value is -1.30. The minimum Gasteiger partial charge on any atom is -0.493 e. The van der Waals surface area contributed by atoms with Gasteiger partial charge in [0.25, 0.3) is 0 Å². The number of methoxy groups -OCH3 is 1. The van der Waals surface area contributed by atoms with Crippen molar-refractivity contribution in [3.63, 3.8) is 0 Å². The van der Waals surface area contributed by atoms with E-state index >= 15 is 0 Å². The second kappa shape index (κ2) is 9.11. The Balaban J connectivity index is 2.23. The molecule has 0 bridgehead atoms. The van der Waals surface area contributed by atoms with Crippen LogP contribution in [0.4, 0.5) is 0 Å². The van der Waals surface area contributed by atoms with Gasteiger partial charge in [-0.1, -0.05) is 25.5 Å². The topological polar surface area (TPSA) is 51.0 Å². The second-order valence-electron chi connectivity index (χ2n) is 6.17. The van der Waals surface area contributed by atoms with Crippen molar-refractivity contribution < 1.29 is 9.47 Å². The molecule has 1 aromatic rings. The molecular formula is C18H31N3O2. The Labute approximate surface area is 140 Å². The molecule has 2 N–H and O–H groups in total. The molecule has 1 unspecified atom stereocenters. The first-order valence-electron chi connectivity index (χ1n) is 8.63. The van der Waals surface area contributed by atoms with E-state index in [9.17, 15) is 0 Å². The van der Waals surface area contributed by atoms with Crippen LogP contribution in [0.25, 0.3) is 0 Å². The Kier molecular flexibility index (Phi) is 7.15. The third kappa shape index (κ3) is 4.59. The highest BCUT2D eigenvalue weighted by atomic mass is 16.5. The standard InChI is InChI=1S/C18H31N3O2/c1-4-5-13-23-18-15(7-6-8-17(18)22-3)16(14-19)21-11-9-20(2)10-12-21/h6-8,16H,4-5,9-14,19H2,1-3H3. The quantitative estimate of drug-likeness (QED) is 0.743. The monoisotopic (exact) mass is 321 g/mol. The van der Waals surface area contributed by atoms with Crippen LogP contribution in [0.15, 0.2) is 18.2 Å². The second-order valence-corrected chi connectivity index (χ2v) is 6.17. The maximum Gasteiger partial charge on any atom is 0.165 e. The molecule has 0 saturated carbocycles. The summed E-state index contributed by atoms with van der Waals surface area (Å²) in [6, 6.07) is 6.29. The van der Waals surface area contributed by atoms with Crippen LogP contribution in [0, 0.1) is 0 Å². The van der Waals surface area contributed by atoms with Gasteiger partial charge in [-0.2, -0.15) is 0 Å². The number of likely N-dealkylation sites (N-methyl/N-ethyl adjacent to an activating group) is 1. The Morgan fingerprint density at radius 1 is 1.22 bits per heavy atom. The zero-order chi connectivity index (χ0) is 16.7. The molecule has 0 aliphatic carbocycles. The van der Waals surface area contributed by atoms with Crippen LogP contribution in [0.3, 0.4) is 0 Å². The summed E-state index contributed by atoms with van der Waals surface area (Å²) in [6.07, 6.45) is 2.16. The first-order valence-corrected chi connectivity index (χ1v) is 8.63. The number of benzene rings is 1. The molecule has 1 fully saturated rings. The zero-order valence-electron chi connectivity index (χ0n) is 14.8. The average molecular weight is 321 g/mol. The van der Waals surface area contributed by atoms with Crippen molar-refractivity contribution in [2.24, 2.45) is 5.73 Å². The lowest BCUT2D eigenvalue weighted by Gasteiger charge is -2.38. The number of hydrogen-bond acceptors (Lipinski definition) is 5. The van der Waals surface area contributed by atoms with Gasteiger partial charge in [0.05, 0.1) is 19.8 Å². The molecule has 5 nitrogen and oxygen atoms in total. The highest BCUT2D eigenvalue weighted by Gasteiger charge is 2.26. The van der Waals surface area contributed by atoms with E-state index in [-0.39, 0.29) is 6.04 Å². The van der Waals surface area contributed by atoms with E-state index in [4.69, 9.17) is 15.2 Å². The van der Waals surface area contributed by atoms with Crippen LogP contribution < -0.4 is 15.2 Å². The fraction of sp³-hybridized carbons (Fsp3) is 0.667. The van der Waals surface area contributed by atoms with Crippen LogP contribution in [0.5, 0.6) is 11.5 Å². The van der Waals surface area contributed by atoms with Crippen LogP contribution in [-0.2, 0) is 0 Å². The van der Waals surface area contributed by atoms with Gasteiger partial charge in [0.1, 0.15) is 0 Å². The molecule has 1 aromatic carbocycles. The molecule has 1 aliphatic heterocycles. The molecule has 0 aromatic heterocycles. The molecule has 2 rings (SSSR count). The third-order valence-corrected chi connectivity index (χ3v) is 4.53. The minimum absolute atomic E-state index is 0.176. The number of hydrogen-bond donors (Lipinski definition) is 1. The molecule has 1 aliphatic rings. The third-order valence-electron chi connectivity index (χ3n) is 4.53.